The first-order valence-corrected chi connectivity index (χ1v) is 2.72. The Hall–Kier alpha value is -1.65. The van der Waals surface area contributed by atoms with Crippen molar-refractivity contribution in [3.63, 3.8) is 0 Å². The van der Waals surface area contributed by atoms with Crippen LogP contribution in [0.1, 0.15) is 0 Å². The minimum absolute atomic E-state index is 0.230. The third-order valence-electron chi connectivity index (χ3n) is 1.15. The van der Waals surface area contributed by atoms with Crippen molar-refractivity contribution in [3.05, 3.63) is 11.9 Å². The topological polar surface area (TPSA) is 77.2 Å². The zero-order valence-corrected chi connectivity index (χ0v) is 5.02. The van der Waals surface area contributed by atoms with Crippen LogP contribution in [0.4, 0.5) is 0 Å². The SMILES string of the molecule is NC1=NC=C2N=CN=C2[N]1. The van der Waals surface area contributed by atoms with Gasteiger partial charge < -0.3 is 5.73 Å². The number of nitrogens with two attached hydrogens (primary N) is 1. The molecule has 2 aliphatic rings. The third-order valence-corrected chi connectivity index (χ3v) is 1.15. The largest absolute Gasteiger partial charge is 0.368 e. The average Bonchev–Trinajstić information content (AvgIpc) is 2.33. The van der Waals surface area contributed by atoms with E-state index in [1.165, 1.54) is 6.34 Å². The molecule has 0 aromatic heterocycles. The number of rotatable bonds is 0. The van der Waals surface area contributed by atoms with Crippen molar-refractivity contribution >= 4 is 18.1 Å². The van der Waals surface area contributed by atoms with E-state index >= 15 is 0 Å². The van der Waals surface area contributed by atoms with Gasteiger partial charge in [0.25, 0.3) is 0 Å². The smallest absolute Gasteiger partial charge is 0.222 e. The molecule has 0 aliphatic carbocycles. The molecule has 0 aromatic rings. The molecule has 0 amide bonds. The first-order valence-electron chi connectivity index (χ1n) is 2.72. The Morgan fingerprint density at radius 2 is 2.20 bits per heavy atom. The summed E-state index contributed by atoms with van der Waals surface area (Å²) in [5, 5.41) is 3.83. The number of hydrogen-bond donors (Lipinski definition) is 1. The molecule has 0 atom stereocenters. The number of amidine groups is 1. The van der Waals surface area contributed by atoms with Gasteiger partial charge in [-0.15, -0.1) is 0 Å². The zero-order valence-electron chi connectivity index (χ0n) is 5.02. The number of guanidine groups is 1. The molecule has 49 valence electrons. The molecule has 0 aromatic carbocycles. The number of aliphatic imine (C=N–C) groups is 3. The maximum absolute atomic E-state index is 5.29. The molecule has 1 radical (unpaired) electrons. The van der Waals surface area contributed by atoms with Crippen LogP contribution in [0.15, 0.2) is 26.9 Å². The van der Waals surface area contributed by atoms with Crippen LogP contribution in [-0.4, -0.2) is 18.1 Å². The number of hydrogen-bond acceptors (Lipinski definition) is 4. The Kier molecular flexibility index (Phi) is 0.858. The van der Waals surface area contributed by atoms with Crippen LogP contribution in [0, 0.1) is 0 Å². The van der Waals surface area contributed by atoms with Gasteiger partial charge >= 0.3 is 0 Å². The second kappa shape index (κ2) is 1.66. The summed E-state index contributed by atoms with van der Waals surface area (Å²) >= 11 is 0. The van der Waals surface area contributed by atoms with Gasteiger partial charge in [-0.3, -0.25) is 0 Å². The summed E-state index contributed by atoms with van der Waals surface area (Å²) < 4.78 is 0. The van der Waals surface area contributed by atoms with Gasteiger partial charge in [0.2, 0.25) is 5.96 Å². The summed E-state index contributed by atoms with van der Waals surface area (Å²) in [4.78, 5) is 11.4. The van der Waals surface area contributed by atoms with Crippen LogP contribution in [0.3, 0.4) is 0 Å². The summed E-state index contributed by atoms with van der Waals surface area (Å²) in [5.41, 5.74) is 5.97. The predicted octanol–water partition coefficient (Wildman–Crippen LogP) is -0.799. The second-order valence-corrected chi connectivity index (χ2v) is 1.81. The Labute approximate surface area is 57.1 Å². The molecule has 0 saturated heterocycles. The van der Waals surface area contributed by atoms with E-state index in [9.17, 15) is 0 Å². The lowest BCUT2D eigenvalue weighted by atomic mass is 10.4. The molecule has 0 fully saturated rings. The van der Waals surface area contributed by atoms with Gasteiger partial charge in [0, 0.05) is 0 Å². The second-order valence-electron chi connectivity index (χ2n) is 1.81. The molecule has 2 aliphatic heterocycles. The fraction of sp³-hybridized carbons (Fsp3) is 0. The molecule has 2 N–H and O–H groups in total. The Morgan fingerprint density at radius 1 is 1.30 bits per heavy atom. The van der Waals surface area contributed by atoms with E-state index in [2.05, 4.69) is 20.3 Å². The van der Waals surface area contributed by atoms with Crippen molar-refractivity contribution in [2.75, 3.05) is 0 Å². The van der Waals surface area contributed by atoms with Gasteiger partial charge in [-0.25, -0.2) is 15.0 Å². The van der Waals surface area contributed by atoms with E-state index < -0.39 is 0 Å². The maximum Gasteiger partial charge on any atom is 0.222 e. The summed E-state index contributed by atoms with van der Waals surface area (Å²) in [5.74, 6) is 0.778. The van der Waals surface area contributed by atoms with E-state index in [1.807, 2.05) is 0 Å². The van der Waals surface area contributed by atoms with E-state index in [-0.39, 0.29) is 5.96 Å². The summed E-state index contributed by atoms with van der Waals surface area (Å²) in [6.07, 6.45) is 2.98. The van der Waals surface area contributed by atoms with E-state index in [0.29, 0.717) is 11.5 Å². The van der Waals surface area contributed by atoms with Crippen molar-refractivity contribution in [2.24, 2.45) is 20.7 Å². The maximum atomic E-state index is 5.29. The van der Waals surface area contributed by atoms with Gasteiger partial charge in [-0.2, -0.15) is 5.32 Å². The van der Waals surface area contributed by atoms with Gasteiger partial charge in [0.05, 0.1) is 6.20 Å². The first kappa shape index (κ1) is 5.16. The number of fused-ring (bicyclic) bond motifs is 1. The van der Waals surface area contributed by atoms with Crippen molar-refractivity contribution in [1.29, 1.82) is 0 Å². The highest BCUT2D eigenvalue weighted by atomic mass is 15.2. The lowest BCUT2D eigenvalue weighted by Crippen LogP contribution is -2.32. The molecule has 0 spiro atoms. The summed E-state index contributed by atoms with van der Waals surface area (Å²) in [6.45, 7) is 0. The van der Waals surface area contributed by atoms with Gasteiger partial charge in [-0.1, -0.05) is 0 Å². The normalized spacial score (nSPS) is 20.6. The van der Waals surface area contributed by atoms with Crippen LogP contribution >= 0.6 is 0 Å². The molecule has 5 heteroatoms. The predicted molar refractivity (Wildman–Crippen MR) is 37.8 cm³/mol. The van der Waals surface area contributed by atoms with Crippen LogP contribution < -0.4 is 11.1 Å². The van der Waals surface area contributed by atoms with E-state index in [0.717, 1.165) is 0 Å². The molecule has 0 bridgehead atoms. The molecule has 0 unspecified atom stereocenters. The van der Waals surface area contributed by atoms with Gasteiger partial charge in [-0.05, 0) is 0 Å². The minimum atomic E-state index is 0.230. The molecule has 0 saturated carbocycles. The molecule has 10 heavy (non-hydrogen) atoms. The quantitative estimate of drug-likeness (QED) is 0.462. The van der Waals surface area contributed by atoms with Crippen LogP contribution in [-0.2, 0) is 0 Å². The molecule has 5 nitrogen and oxygen atoms in total. The van der Waals surface area contributed by atoms with Crippen molar-refractivity contribution in [1.82, 2.24) is 5.32 Å². The third kappa shape index (κ3) is 0.604. The standard InChI is InChI=1S/C5H4N5/c6-5-7-1-3-4(10-5)9-2-8-3/h1-2H,(H2,6,7). The van der Waals surface area contributed by atoms with Crippen molar-refractivity contribution in [2.45, 2.75) is 0 Å². The summed E-state index contributed by atoms with van der Waals surface area (Å²) in [7, 11) is 0. The molecular weight excluding hydrogens is 130 g/mol. The van der Waals surface area contributed by atoms with Crippen LogP contribution in [0.2, 0.25) is 0 Å². The van der Waals surface area contributed by atoms with E-state index in [4.69, 9.17) is 5.73 Å². The van der Waals surface area contributed by atoms with Crippen LogP contribution in [0.5, 0.6) is 0 Å². The number of nitrogens with zero attached hydrogens (tertiary/aromatic N) is 4. The minimum Gasteiger partial charge on any atom is -0.368 e. The Balaban J connectivity index is 2.42. The fourth-order valence-corrected chi connectivity index (χ4v) is 0.711. The van der Waals surface area contributed by atoms with Gasteiger partial charge in [0.1, 0.15) is 12.0 Å². The zero-order chi connectivity index (χ0) is 6.97. The Bertz CT molecular complexity index is 282. The monoisotopic (exact) mass is 134 g/mol. The fourth-order valence-electron chi connectivity index (χ4n) is 0.711. The molecule has 2 heterocycles. The highest BCUT2D eigenvalue weighted by Gasteiger charge is 2.15. The van der Waals surface area contributed by atoms with Gasteiger partial charge in [0.15, 0.2) is 5.84 Å². The first-order chi connectivity index (χ1) is 4.86. The van der Waals surface area contributed by atoms with Crippen molar-refractivity contribution in [3.8, 4) is 0 Å². The summed E-state index contributed by atoms with van der Waals surface area (Å²) in [6, 6.07) is 0. The molecular formula is C5H4N5. The lowest BCUT2D eigenvalue weighted by molar-refractivity contribution is 1.20. The van der Waals surface area contributed by atoms with Crippen LogP contribution in [0.25, 0.3) is 0 Å². The highest BCUT2D eigenvalue weighted by molar-refractivity contribution is 6.14. The Morgan fingerprint density at radius 3 is 3.10 bits per heavy atom. The molecule has 2 rings (SSSR count). The lowest BCUT2D eigenvalue weighted by Gasteiger charge is -2.04. The average molecular weight is 134 g/mol. The van der Waals surface area contributed by atoms with Crippen molar-refractivity contribution < 1.29 is 0 Å². The van der Waals surface area contributed by atoms with E-state index in [1.54, 1.807) is 6.20 Å². The highest BCUT2D eigenvalue weighted by Crippen LogP contribution is 2.07.